The topological polar surface area (TPSA) is 25.2 Å². The van der Waals surface area contributed by atoms with Crippen LogP contribution in [0, 0.1) is 0 Å². The van der Waals surface area contributed by atoms with Crippen LogP contribution in [0.3, 0.4) is 0 Å². The summed E-state index contributed by atoms with van der Waals surface area (Å²) < 4.78 is 2.85. The first-order valence-corrected chi connectivity index (χ1v) is 4.11. The van der Waals surface area contributed by atoms with Gasteiger partial charge in [0, 0.05) is 16.4 Å². The van der Waals surface area contributed by atoms with E-state index in [2.05, 4.69) is 22.5 Å². The van der Waals surface area contributed by atoms with Crippen molar-refractivity contribution in [3.63, 3.8) is 0 Å². The van der Waals surface area contributed by atoms with Crippen LogP contribution >= 0.6 is 15.9 Å². The lowest BCUT2D eigenvalue weighted by Crippen LogP contribution is -2.00. The summed E-state index contributed by atoms with van der Waals surface area (Å²) in [6, 6.07) is 3.79. The number of aliphatic hydroxyl groups is 1. The van der Waals surface area contributed by atoms with Gasteiger partial charge in [-0.3, -0.25) is 0 Å². The van der Waals surface area contributed by atoms with E-state index in [-0.39, 0.29) is 6.61 Å². The average molecular weight is 216 g/mol. The van der Waals surface area contributed by atoms with E-state index in [1.807, 2.05) is 22.9 Å². The van der Waals surface area contributed by atoms with Gasteiger partial charge in [0.2, 0.25) is 0 Å². The van der Waals surface area contributed by atoms with E-state index in [0.717, 1.165) is 10.2 Å². The standard InChI is InChI=1S/C8H10BrNO/c1-7(9)5-10-4-2-3-8(10)6-11/h2-4,11H,1,5-6H2. The SMILES string of the molecule is C=C(Br)Cn1cccc1CO. The molecule has 0 atom stereocenters. The van der Waals surface area contributed by atoms with Gasteiger partial charge in [-0.1, -0.05) is 22.5 Å². The van der Waals surface area contributed by atoms with Gasteiger partial charge in [-0.05, 0) is 12.1 Å². The zero-order valence-electron chi connectivity index (χ0n) is 6.13. The fourth-order valence-corrected chi connectivity index (χ4v) is 1.20. The van der Waals surface area contributed by atoms with Crippen molar-refractivity contribution in [2.24, 2.45) is 0 Å². The molecule has 1 N–H and O–H groups in total. The minimum Gasteiger partial charge on any atom is -0.390 e. The average Bonchev–Trinajstić information content (AvgIpc) is 2.34. The molecule has 1 rings (SSSR count). The van der Waals surface area contributed by atoms with Crippen molar-refractivity contribution >= 4 is 15.9 Å². The fourth-order valence-electron chi connectivity index (χ4n) is 0.932. The highest BCUT2D eigenvalue weighted by Crippen LogP contribution is 2.09. The Morgan fingerprint density at radius 3 is 3.00 bits per heavy atom. The Morgan fingerprint density at radius 1 is 1.73 bits per heavy atom. The molecule has 0 saturated heterocycles. The number of rotatable bonds is 3. The molecule has 1 aromatic rings. The molecule has 1 aromatic heterocycles. The lowest BCUT2D eigenvalue weighted by atomic mass is 10.4. The van der Waals surface area contributed by atoms with Gasteiger partial charge in [-0.15, -0.1) is 0 Å². The van der Waals surface area contributed by atoms with Gasteiger partial charge in [-0.25, -0.2) is 0 Å². The Morgan fingerprint density at radius 2 is 2.45 bits per heavy atom. The highest BCUT2D eigenvalue weighted by molar-refractivity contribution is 9.11. The molecule has 0 spiro atoms. The molecule has 0 aliphatic carbocycles. The van der Waals surface area contributed by atoms with E-state index >= 15 is 0 Å². The minimum absolute atomic E-state index is 0.0767. The third-order valence-electron chi connectivity index (χ3n) is 1.43. The van der Waals surface area contributed by atoms with Gasteiger partial charge in [-0.2, -0.15) is 0 Å². The minimum atomic E-state index is 0.0767. The molecule has 0 fully saturated rings. The number of allylic oxidation sites excluding steroid dienone is 1. The maximum Gasteiger partial charge on any atom is 0.0832 e. The molecule has 2 nitrogen and oxygen atoms in total. The van der Waals surface area contributed by atoms with Crippen LogP contribution in [0.15, 0.2) is 29.4 Å². The van der Waals surface area contributed by atoms with Crippen LogP contribution in [0.2, 0.25) is 0 Å². The Kier molecular flexibility index (Phi) is 2.91. The van der Waals surface area contributed by atoms with Gasteiger partial charge < -0.3 is 9.67 Å². The van der Waals surface area contributed by atoms with Crippen molar-refractivity contribution in [1.82, 2.24) is 4.57 Å². The van der Waals surface area contributed by atoms with Crippen LogP contribution in [0.4, 0.5) is 0 Å². The predicted molar refractivity (Wildman–Crippen MR) is 48.4 cm³/mol. The smallest absolute Gasteiger partial charge is 0.0832 e. The molecule has 0 radical (unpaired) electrons. The number of hydrogen-bond donors (Lipinski definition) is 1. The van der Waals surface area contributed by atoms with Crippen molar-refractivity contribution in [1.29, 1.82) is 0 Å². The highest BCUT2D eigenvalue weighted by atomic mass is 79.9. The van der Waals surface area contributed by atoms with Crippen LogP contribution in [-0.4, -0.2) is 9.67 Å². The van der Waals surface area contributed by atoms with E-state index in [1.54, 1.807) is 0 Å². The molecule has 0 aromatic carbocycles. The summed E-state index contributed by atoms with van der Waals surface area (Å²) in [4.78, 5) is 0. The van der Waals surface area contributed by atoms with Gasteiger partial charge in [0.05, 0.1) is 13.2 Å². The number of halogens is 1. The third kappa shape index (κ3) is 2.20. The summed E-state index contributed by atoms with van der Waals surface area (Å²) in [6.45, 7) is 4.51. The summed E-state index contributed by atoms with van der Waals surface area (Å²) in [6.07, 6.45) is 1.91. The van der Waals surface area contributed by atoms with Crippen LogP contribution in [0.5, 0.6) is 0 Å². The van der Waals surface area contributed by atoms with Crippen molar-refractivity contribution < 1.29 is 5.11 Å². The first-order valence-electron chi connectivity index (χ1n) is 3.32. The number of aliphatic hydroxyl groups excluding tert-OH is 1. The molecule has 0 bridgehead atoms. The lowest BCUT2D eigenvalue weighted by Gasteiger charge is -2.04. The molecular weight excluding hydrogens is 206 g/mol. The number of nitrogens with zero attached hydrogens (tertiary/aromatic N) is 1. The van der Waals surface area contributed by atoms with Crippen molar-refractivity contribution in [2.45, 2.75) is 13.2 Å². The summed E-state index contributed by atoms with van der Waals surface area (Å²) in [5.74, 6) is 0. The van der Waals surface area contributed by atoms with Crippen molar-refractivity contribution in [2.75, 3.05) is 0 Å². The molecule has 0 aliphatic heterocycles. The number of hydrogen-bond acceptors (Lipinski definition) is 1. The molecule has 0 saturated carbocycles. The summed E-state index contributed by atoms with van der Waals surface area (Å²) in [5, 5.41) is 8.85. The zero-order chi connectivity index (χ0) is 8.27. The van der Waals surface area contributed by atoms with E-state index in [0.29, 0.717) is 6.54 Å². The maximum atomic E-state index is 8.85. The monoisotopic (exact) mass is 215 g/mol. The van der Waals surface area contributed by atoms with Crippen molar-refractivity contribution in [3.8, 4) is 0 Å². The van der Waals surface area contributed by atoms with Crippen LogP contribution in [0.1, 0.15) is 5.69 Å². The Bertz CT molecular complexity index is 254. The highest BCUT2D eigenvalue weighted by Gasteiger charge is 1.98. The van der Waals surface area contributed by atoms with Crippen molar-refractivity contribution in [3.05, 3.63) is 35.1 Å². The van der Waals surface area contributed by atoms with Gasteiger partial charge in [0.15, 0.2) is 0 Å². The molecule has 3 heteroatoms. The molecule has 60 valence electrons. The molecule has 0 unspecified atom stereocenters. The quantitative estimate of drug-likeness (QED) is 0.819. The van der Waals surface area contributed by atoms with E-state index in [9.17, 15) is 0 Å². The van der Waals surface area contributed by atoms with Gasteiger partial charge in [0.25, 0.3) is 0 Å². The lowest BCUT2D eigenvalue weighted by molar-refractivity contribution is 0.271. The maximum absolute atomic E-state index is 8.85. The van der Waals surface area contributed by atoms with E-state index in [1.165, 1.54) is 0 Å². The second kappa shape index (κ2) is 3.74. The first-order chi connectivity index (χ1) is 5.24. The summed E-state index contributed by atoms with van der Waals surface area (Å²) in [7, 11) is 0. The fraction of sp³-hybridized carbons (Fsp3) is 0.250. The van der Waals surface area contributed by atoms with Crippen LogP contribution in [0.25, 0.3) is 0 Å². The molecule has 0 aliphatic rings. The van der Waals surface area contributed by atoms with Gasteiger partial charge >= 0.3 is 0 Å². The van der Waals surface area contributed by atoms with Crippen LogP contribution < -0.4 is 0 Å². The van der Waals surface area contributed by atoms with Gasteiger partial charge in [0.1, 0.15) is 0 Å². The number of aromatic nitrogens is 1. The zero-order valence-corrected chi connectivity index (χ0v) is 7.71. The predicted octanol–water partition coefficient (Wildman–Crippen LogP) is 1.89. The molecule has 0 amide bonds. The first kappa shape index (κ1) is 8.56. The molecular formula is C8H10BrNO. The second-order valence-electron chi connectivity index (χ2n) is 2.30. The normalized spacial score (nSPS) is 10.0. The Labute approximate surface area is 74.3 Å². The second-order valence-corrected chi connectivity index (χ2v) is 3.42. The van der Waals surface area contributed by atoms with E-state index < -0.39 is 0 Å². The molecule has 11 heavy (non-hydrogen) atoms. The summed E-state index contributed by atoms with van der Waals surface area (Å²) in [5.41, 5.74) is 0.908. The summed E-state index contributed by atoms with van der Waals surface area (Å²) >= 11 is 3.26. The Hall–Kier alpha value is -0.540. The van der Waals surface area contributed by atoms with Crippen LogP contribution in [-0.2, 0) is 13.2 Å². The third-order valence-corrected chi connectivity index (χ3v) is 1.68. The largest absolute Gasteiger partial charge is 0.390 e. The molecule has 1 heterocycles. The van der Waals surface area contributed by atoms with E-state index in [4.69, 9.17) is 5.11 Å². The Balaban J connectivity index is 2.76.